The Kier molecular flexibility index (Phi) is 10.2. The third kappa shape index (κ3) is 7.36. The zero-order valence-corrected chi connectivity index (χ0v) is 25.7. The van der Waals surface area contributed by atoms with E-state index >= 15 is 0 Å². The topological polar surface area (TPSA) is 94.5 Å². The number of hydrogen-bond acceptors (Lipinski definition) is 7. The SMILES string of the molecule is COCCCN1C(=O)C(=O)C(=C(O)c2ccc(OCc3cccc(C)c3)cc2)C1c1ccc(OCc2ccccc2)c(OC)c1. The van der Waals surface area contributed by atoms with Gasteiger partial charge in [0.2, 0.25) is 0 Å². The van der Waals surface area contributed by atoms with Crippen LogP contribution < -0.4 is 14.2 Å². The molecule has 0 bridgehead atoms. The van der Waals surface area contributed by atoms with E-state index in [9.17, 15) is 14.7 Å². The minimum Gasteiger partial charge on any atom is -0.507 e. The quantitative estimate of drug-likeness (QED) is 0.0790. The average molecular weight is 608 g/mol. The molecule has 1 unspecified atom stereocenters. The highest BCUT2D eigenvalue weighted by Gasteiger charge is 2.46. The fraction of sp³-hybridized carbons (Fsp3) is 0.243. The van der Waals surface area contributed by atoms with Gasteiger partial charge in [-0.1, -0.05) is 66.2 Å². The summed E-state index contributed by atoms with van der Waals surface area (Å²) in [5, 5.41) is 11.5. The number of aliphatic hydroxyl groups is 1. The molecule has 1 fully saturated rings. The van der Waals surface area contributed by atoms with Crippen LogP contribution in [0.25, 0.3) is 5.76 Å². The number of carbonyl (C=O) groups excluding carboxylic acids is 2. The monoisotopic (exact) mass is 607 g/mol. The summed E-state index contributed by atoms with van der Waals surface area (Å²) >= 11 is 0. The summed E-state index contributed by atoms with van der Waals surface area (Å²) in [6.07, 6.45) is 0.516. The van der Waals surface area contributed by atoms with Gasteiger partial charge in [0, 0.05) is 25.8 Å². The van der Waals surface area contributed by atoms with Crippen molar-refractivity contribution in [1.29, 1.82) is 0 Å². The molecule has 0 aliphatic carbocycles. The number of aryl methyl sites for hydroxylation is 1. The molecule has 5 rings (SSSR count). The van der Waals surface area contributed by atoms with E-state index in [-0.39, 0.29) is 17.9 Å². The van der Waals surface area contributed by atoms with Gasteiger partial charge >= 0.3 is 0 Å². The van der Waals surface area contributed by atoms with E-state index in [1.165, 1.54) is 12.0 Å². The van der Waals surface area contributed by atoms with Gasteiger partial charge in [0.1, 0.15) is 24.7 Å². The van der Waals surface area contributed by atoms with Crippen LogP contribution in [0.1, 0.15) is 40.3 Å². The molecule has 1 amide bonds. The van der Waals surface area contributed by atoms with Gasteiger partial charge in [0.25, 0.3) is 11.7 Å². The lowest BCUT2D eigenvalue weighted by atomic mass is 9.95. The lowest BCUT2D eigenvalue weighted by Gasteiger charge is -2.26. The molecule has 8 heteroatoms. The molecular formula is C37H37NO7. The van der Waals surface area contributed by atoms with Gasteiger partial charge in [-0.05, 0) is 66.4 Å². The second-order valence-electron chi connectivity index (χ2n) is 10.8. The molecule has 45 heavy (non-hydrogen) atoms. The molecule has 1 aliphatic heterocycles. The minimum absolute atomic E-state index is 0.00542. The summed E-state index contributed by atoms with van der Waals surface area (Å²) in [7, 11) is 3.12. The normalized spacial score (nSPS) is 15.7. The lowest BCUT2D eigenvalue weighted by molar-refractivity contribution is -0.140. The van der Waals surface area contributed by atoms with Crippen molar-refractivity contribution in [2.45, 2.75) is 32.6 Å². The summed E-state index contributed by atoms with van der Waals surface area (Å²) in [4.78, 5) is 28.3. The predicted molar refractivity (Wildman–Crippen MR) is 171 cm³/mol. The Morgan fingerprint density at radius 2 is 1.53 bits per heavy atom. The maximum atomic E-state index is 13.5. The highest BCUT2D eigenvalue weighted by Crippen LogP contribution is 2.42. The summed E-state index contributed by atoms with van der Waals surface area (Å²) in [6.45, 7) is 3.44. The number of nitrogens with zero attached hydrogens (tertiary/aromatic N) is 1. The second kappa shape index (κ2) is 14.6. The Morgan fingerprint density at radius 3 is 2.24 bits per heavy atom. The van der Waals surface area contributed by atoms with Crippen molar-refractivity contribution in [3.8, 4) is 17.2 Å². The first-order valence-electron chi connectivity index (χ1n) is 14.8. The Labute approximate surface area is 263 Å². The summed E-state index contributed by atoms with van der Waals surface area (Å²) in [6, 6.07) is 29.1. The van der Waals surface area contributed by atoms with Crippen LogP contribution in [-0.4, -0.2) is 49.1 Å². The first kappa shape index (κ1) is 31.3. The van der Waals surface area contributed by atoms with E-state index in [0.29, 0.717) is 54.6 Å². The molecule has 0 radical (unpaired) electrons. The first-order chi connectivity index (χ1) is 21.9. The van der Waals surface area contributed by atoms with Crippen LogP contribution in [0.3, 0.4) is 0 Å². The van der Waals surface area contributed by atoms with Crippen molar-refractivity contribution in [2.75, 3.05) is 27.4 Å². The fourth-order valence-electron chi connectivity index (χ4n) is 5.38. The van der Waals surface area contributed by atoms with Gasteiger partial charge in [0.05, 0.1) is 18.7 Å². The summed E-state index contributed by atoms with van der Waals surface area (Å²) < 4.78 is 22.8. The van der Waals surface area contributed by atoms with Crippen molar-refractivity contribution in [1.82, 2.24) is 4.90 Å². The van der Waals surface area contributed by atoms with Gasteiger partial charge in [-0.3, -0.25) is 9.59 Å². The Bertz CT molecular complexity index is 1660. The second-order valence-corrected chi connectivity index (χ2v) is 10.8. The first-order valence-corrected chi connectivity index (χ1v) is 14.8. The zero-order valence-electron chi connectivity index (χ0n) is 25.7. The molecule has 1 heterocycles. The van der Waals surface area contributed by atoms with Crippen LogP contribution in [0.4, 0.5) is 0 Å². The van der Waals surface area contributed by atoms with E-state index < -0.39 is 17.7 Å². The van der Waals surface area contributed by atoms with Gasteiger partial charge in [-0.25, -0.2) is 0 Å². The maximum Gasteiger partial charge on any atom is 0.295 e. The van der Waals surface area contributed by atoms with Crippen LogP contribution >= 0.6 is 0 Å². The number of carbonyl (C=O) groups is 2. The molecule has 1 atom stereocenters. The molecule has 0 spiro atoms. The number of amides is 1. The molecule has 1 aliphatic rings. The van der Waals surface area contributed by atoms with Crippen LogP contribution in [0.5, 0.6) is 17.2 Å². The number of Topliss-reactive ketones (excluding diaryl/α,β-unsaturated/α-hetero) is 1. The highest BCUT2D eigenvalue weighted by atomic mass is 16.5. The van der Waals surface area contributed by atoms with E-state index in [2.05, 4.69) is 6.07 Å². The highest BCUT2D eigenvalue weighted by molar-refractivity contribution is 6.46. The minimum atomic E-state index is -0.837. The van der Waals surface area contributed by atoms with Gasteiger partial charge in [-0.15, -0.1) is 0 Å². The standard InChI is InChI=1S/C37H37NO7/c1-25-9-7-12-27(21-25)24-44-30-16-13-28(14-17-30)35(39)33-34(38(19-8-20-42-2)37(41)36(33)40)29-15-18-31(32(22-29)43-3)45-23-26-10-5-4-6-11-26/h4-7,9-18,21-22,34,39H,8,19-20,23-24H2,1-3H3. The van der Waals surface area contributed by atoms with Crippen molar-refractivity contribution in [2.24, 2.45) is 0 Å². The van der Waals surface area contributed by atoms with Crippen LogP contribution in [0.2, 0.25) is 0 Å². The molecule has 8 nitrogen and oxygen atoms in total. The molecule has 1 N–H and O–H groups in total. The number of rotatable bonds is 13. The Balaban J connectivity index is 1.44. The molecule has 232 valence electrons. The van der Waals surface area contributed by atoms with Gasteiger partial charge in [0.15, 0.2) is 11.5 Å². The van der Waals surface area contributed by atoms with Crippen molar-refractivity contribution >= 4 is 17.4 Å². The van der Waals surface area contributed by atoms with E-state index in [0.717, 1.165) is 16.7 Å². The van der Waals surface area contributed by atoms with Crippen molar-refractivity contribution in [3.05, 3.63) is 130 Å². The van der Waals surface area contributed by atoms with Gasteiger partial charge < -0.3 is 29.0 Å². The molecular weight excluding hydrogens is 570 g/mol. The van der Waals surface area contributed by atoms with E-state index in [1.54, 1.807) is 49.6 Å². The molecule has 4 aromatic rings. The smallest absolute Gasteiger partial charge is 0.295 e. The number of benzene rings is 4. The Hall–Kier alpha value is -5.08. The predicted octanol–water partition coefficient (Wildman–Crippen LogP) is 6.62. The largest absolute Gasteiger partial charge is 0.507 e. The number of aliphatic hydroxyl groups excluding tert-OH is 1. The third-order valence-electron chi connectivity index (χ3n) is 7.64. The van der Waals surface area contributed by atoms with Crippen LogP contribution in [0, 0.1) is 6.92 Å². The van der Waals surface area contributed by atoms with Crippen LogP contribution in [0.15, 0.2) is 103 Å². The lowest BCUT2D eigenvalue weighted by Crippen LogP contribution is -2.31. The number of likely N-dealkylation sites (tertiary alicyclic amines) is 1. The number of hydrogen-bond donors (Lipinski definition) is 1. The molecule has 0 aromatic heterocycles. The summed E-state index contributed by atoms with van der Waals surface area (Å²) in [5.41, 5.74) is 4.20. The summed E-state index contributed by atoms with van der Waals surface area (Å²) in [5.74, 6) is -0.123. The molecule has 0 saturated carbocycles. The molecule has 4 aromatic carbocycles. The third-order valence-corrected chi connectivity index (χ3v) is 7.64. The van der Waals surface area contributed by atoms with Crippen molar-refractivity contribution in [3.63, 3.8) is 0 Å². The number of methoxy groups -OCH3 is 2. The van der Waals surface area contributed by atoms with Crippen molar-refractivity contribution < 1.29 is 33.6 Å². The maximum absolute atomic E-state index is 13.5. The van der Waals surface area contributed by atoms with E-state index in [1.807, 2.05) is 55.5 Å². The zero-order chi connectivity index (χ0) is 31.8. The number of ether oxygens (including phenoxy) is 4. The van der Waals surface area contributed by atoms with Crippen LogP contribution in [-0.2, 0) is 27.5 Å². The number of ketones is 1. The van der Waals surface area contributed by atoms with Gasteiger partial charge in [-0.2, -0.15) is 0 Å². The Morgan fingerprint density at radius 1 is 0.800 bits per heavy atom. The fourth-order valence-corrected chi connectivity index (χ4v) is 5.38. The molecule has 1 saturated heterocycles. The van der Waals surface area contributed by atoms with E-state index in [4.69, 9.17) is 18.9 Å². The average Bonchev–Trinajstić information content (AvgIpc) is 3.32.